The van der Waals surface area contributed by atoms with Crippen LogP contribution in [0.4, 0.5) is 5.69 Å². The van der Waals surface area contributed by atoms with Crippen LogP contribution in [-0.4, -0.2) is 12.5 Å². The standard InChI is InChI=1S/C16H20N2O2/c1-4-17-14-10-11(2)7-8-13(14)16(19)18-12(3)15-6-5-9-20-15/h5-10,12,17H,4H2,1-3H3,(H,18,19). The SMILES string of the molecule is CCNc1cc(C)ccc1C(=O)NC(C)c1ccco1. The monoisotopic (exact) mass is 272 g/mol. The Morgan fingerprint density at radius 3 is 2.80 bits per heavy atom. The molecule has 2 aromatic rings. The molecule has 0 saturated heterocycles. The number of carbonyl (C=O) groups is 1. The second kappa shape index (κ2) is 6.28. The van der Waals surface area contributed by atoms with Gasteiger partial charge in [-0.3, -0.25) is 4.79 Å². The number of benzene rings is 1. The van der Waals surface area contributed by atoms with Crippen LogP contribution in [0.3, 0.4) is 0 Å². The quantitative estimate of drug-likeness (QED) is 0.875. The number of hydrogen-bond donors (Lipinski definition) is 2. The highest BCUT2D eigenvalue weighted by molar-refractivity contribution is 5.99. The molecule has 0 bridgehead atoms. The van der Waals surface area contributed by atoms with Crippen LogP contribution in [0.2, 0.25) is 0 Å². The third-order valence-electron chi connectivity index (χ3n) is 3.10. The van der Waals surface area contributed by atoms with E-state index in [4.69, 9.17) is 4.42 Å². The van der Waals surface area contributed by atoms with E-state index in [1.165, 1.54) is 0 Å². The van der Waals surface area contributed by atoms with Gasteiger partial charge in [0.05, 0.1) is 17.9 Å². The molecule has 1 amide bonds. The van der Waals surface area contributed by atoms with Crippen LogP contribution in [0.15, 0.2) is 41.0 Å². The van der Waals surface area contributed by atoms with Crippen LogP contribution in [0.1, 0.15) is 41.6 Å². The Bertz CT molecular complexity index is 576. The predicted molar refractivity (Wildman–Crippen MR) is 79.9 cm³/mol. The van der Waals surface area contributed by atoms with Gasteiger partial charge in [0, 0.05) is 12.2 Å². The molecule has 4 heteroatoms. The summed E-state index contributed by atoms with van der Waals surface area (Å²) in [6, 6.07) is 9.27. The summed E-state index contributed by atoms with van der Waals surface area (Å²) >= 11 is 0. The van der Waals surface area contributed by atoms with Crippen molar-refractivity contribution in [3.8, 4) is 0 Å². The average Bonchev–Trinajstić information content (AvgIpc) is 2.93. The number of rotatable bonds is 5. The highest BCUT2D eigenvalue weighted by Crippen LogP contribution is 2.19. The first-order valence-corrected chi connectivity index (χ1v) is 6.80. The fraction of sp³-hybridized carbons (Fsp3) is 0.312. The molecule has 0 aliphatic heterocycles. The number of anilines is 1. The smallest absolute Gasteiger partial charge is 0.253 e. The van der Waals surface area contributed by atoms with Crippen LogP contribution >= 0.6 is 0 Å². The number of amides is 1. The summed E-state index contributed by atoms with van der Waals surface area (Å²) < 4.78 is 5.30. The Hall–Kier alpha value is -2.23. The molecule has 20 heavy (non-hydrogen) atoms. The van der Waals surface area contributed by atoms with E-state index < -0.39 is 0 Å². The lowest BCUT2D eigenvalue weighted by atomic mass is 10.1. The van der Waals surface area contributed by atoms with Crippen molar-refractivity contribution in [2.75, 3.05) is 11.9 Å². The zero-order valence-electron chi connectivity index (χ0n) is 12.1. The molecule has 0 fully saturated rings. The van der Waals surface area contributed by atoms with E-state index in [1.807, 2.05) is 51.1 Å². The minimum atomic E-state index is -0.159. The first kappa shape index (κ1) is 14.2. The van der Waals surface area contributed by atoms with Crippen molar-refractivity contribution in [1.29, 1.82) is 0 Å². The molecule has 106 valence electrons. The number of nitrogens with one attached hydrogen (secondary N) is 2. The number of hydrogen-bond acceptors (Lipinski definition) is 3. The molecular formula is C16H20N2O2. The second-order valence-corrected chi connectivity index (χ2v) is 4.79. The van der Waals surface area contributed by atoms with Crippen molar-refractivity contribution in [2.45, 2.75) is 26.8 Å². The lowest BCUT2D eigenvalue weighted by molar-refractivity contribution is 0.0936. The summed E-state index contributed by atoms with van der Waals surface area (Å²) in [7, 11) is 0. The predicted octanol–water partition coefficient (Wildman–Crippen LogP) is 3.51. The summed E-state index contributed by atoms with van der Waals surface area (Å²) in [5.74, 6) is 0.639. The van der Waals surface area contributed by atoms with Gasteiger partial charge in [0.25, 0.3) is 5.91 Å². The summed E-state index contributed by atoms with van der Waals surface area (Å²) in [6.07, 6.45) is 1.61. The molecular weight excluding hydrogens is 252 g/mol. The van der Waals surface area contributed by atoms with Crippen molar-refractivity contribution in [2.24, 2.45) is 0 Å². The van der Waals surface area contributed by atoms with Crippen molar-refractivity contribution in [3.05, 3.63) is 53.5 Å². The molecule has 0 spiro atoms. The molecule has 2 rings (SSSR count). The molecule has 2 N–H and O–H groups in total. The second-order valence-electron chi connectivity index (χ2n) is 4.79. The van der Waals surface area contributed by atoms with Crippen LogP contribution in [-0.2, 0) is 0 Å². The van der Waals surface area contributed by atoms with Crippen molar-refractivity contribution in [3.63, 3.8) is 0 Å². The molecule has 1 atom stereocenters. The van der Waals surface area contributed by atoms with E-state index in [2.05, 4.69) is 10.6 Å². The molecule has 0 radical (unpaired) electrons. The van der Waals surface area contributed by atoms with Gasteiger partial charge >= 0.3 is 0 Å². The van der Waals surface area contributed by atoms with Gasteiger partial charge in [0.2, 0.25) is 0 Å². The lowest BCUT2D eigenvalue weighted by Gasteiger charge is -2.15. The maximum atomic E-state index is 12.4. The summed E-state index contributed by atoms with van der Waals surface area (Å²) in [6.45, 7) is 6.69. The lowest BCUT2D eigenvalue weighted by Crippen LogP contribution is -2.27. The molecule has 1 aromatic carbocycles. The van der Waals surface area contributed by atoms with Crippen molar-refractivity contribution in [1.82, 2.24) is 5.32 Å². The Morgan fingerprint density at radius 2 is 2.15 bits per heavy atom. The summed E-state index contributed by atoms with van der Waals surface area (Å²) in [5.41, 5.74) is 2.63. The maximum Gasteiger partial charge on any atom is 0.253 e. The van der Waals surface area contributed by atoms with Crippen LogP contribution in [0, 0.1) is 6.92 Å². The van der Waals surface area contributed by atoms with E-state index in [0.29, 0.717) is 5.56 Å². The number of carbonyl (C=O) groups excluding carboxylic acids is 1. The minimum absolute atomic E-state index is 0.107. The van der Waals surface area contributed by atoms with Gasteiger partial charge in [-0.1, -0.05) is 6.07 Å². The molecule has 1 unspecified atom stereocenters. The minimum Gasteiger partial charge on any atom is -0.467 e. The van der Waals surface area contributed by atoms with Gasteiger partial charge in [-0.15, -0.1) is 0 Å². The number of furan rings is 1. The van der Waals surface area contributed by atoms with Crippen LogP contribution < -0.4 is 10.6 Å². The Labute approximate surface area is 119 Å². The van der Waals surface area contributed by atoms with Gasteiger partial charge in [0.1, 0.15) is 5.76 Å². The molecule has 4 nitrogen and oxygen atoms in total. The maximum absolute atomic E-state index is 12.4. The van der Waals surface area contributed by atoms with E-state index in [0.717, 1.165) is 23.6 Å². The van der Waals surface area contributed by atoms with Crippen LogP contribution in [0.5, 0.6) is 0 Å². The molecule has 1 heterocycles. The molecule has 0 aliphatic carbocycles. The molecule has 0 saturated carbocycles. The Morgan fingerprint density at radius 1 is 1.35 bits per heavy atom. The average molecular weight is 272 g/mol. The van der Waals surface area contributed by atoms with E-state index in [9.17, 15) is 4.79 Å². The first-order valence-electron chi connectivity index (χ1n) is 6.80. The van der Waals surface area contributed by atoms with Gasteiger partial charge in [0.15, 0.2) is 0 Å². The van der Waals surface area contributed by atoms with Gasteiger partial charge in [-0.2, -0.15) is 0 Å². The van der Waals surface area contributed by atoms with Gasteiger partial charge in [-0.25, -0.2) is 0 Å². The van der Waals surface area contributed by atoms with Crippen LogP contribution in [0.25, 0.3) is 0 Å². The number of aryl methyl sites for hydroxylation is 1. The highest BCUT2D eigenvalue weighted by Gasteiger charge is 2.16. The molecule has 0 aliphatic rings. The fourth-order valence-corrected chi connectivity index (χ4v) is 2.08. The topological polar surface area (TPSA) is 54.3 Å². The third kappa shape index (κ3) is 3.20. The first-order chi connectivity index (χ1) is 9.61. The highest BCUT2D eigenvalue weighted by atomic mass is 16.3. The van der Waals surface area contributed by atoms with Gasteiger partial charge in [-0.05, 0) is 50.6 Å². The van der Waals surface area contributed by atoms with Gasteiger partial charge < -0.3 is 15.1 Å². The van der Waals surface area contributed by atoms with Crippen molar-refractivity contribution >= 4 is 11.6 Å². The Balaban J connectivity index is 2.16. The molecule has 1 aromatic heterocycles. The fourth-order valence-electron chi connectivity index (χ4n) is 2.08. The van der Waals surface area contributed by atoms with E-state index in [1.54, 1.807) is 6.26 Å². The van der Waals surface area contributed by atoms with E-state index >= 15 is 0 Å². The zero-order chi connectivity index (χ0) is 14.5. The summed E-state index contributed by atoms with van der Waals surface area (Å²) in [4.78, 5) is 12.4. The summed E-state index contributed by atoms with van der Waals surface area (Å²) in [5, 5.41) is 6.17. The largest absolute Gasteiger partial charge is 0.467 e. The zero-order valence-corrected chi connectivity index (χ0v) is 12.1. The van der Waals surface area contributed by atoms with E-state index in [-0.39, 0.29) is 11.9 Å². The Kier molecular flexibility index (Phi) is 4.45. The third-order valence-corrected chi connectivity index (χ3v) is 3.10. The van der Waals surface area contributed by atoms with Crippen molar-refractivity contribution < 1.29 is 9.21 Å². The normalized spacial score (nSPS) is 11.9.